The van der Waals surface area contributed by atoms with Gasteiger partial charge >= 0.3 is 5.97 Å². The number of thiazole rings is 1. The maximum atomic E-state index is 11.1. The Morgan fingerprint density at radius 2 is 1.92 bits per heavy atom. The predicted molar refractivity (Wildman–Crippen MR) is 148 cm³/mol. The number of benzene rings is 2. The molecule has 2 aliphatic rings. The fourth-order valence-electron chi connectivity index (χ4n) is 5.52. The first kappa shape index (κ1) is 25.8. The van der Waals surface area contributed by atoms with Gasteiger partial charge in [0.15, 0.2) is 0 Å². The molecule has 1 N–H and O–H groups in total. The lowest BCUT2D eigenvalue weighted by Gasteiger charge is -2.14. The van der Waals surface area contributed by atoms with Gasteiger partial charge in [-0.25, -0.2) is 4.98 Å². The third-order valence-corrected chi connectivity index (χ3v) is 8.71. The molecule has 6 heteroatoms. The molecule has 1 heterocycles. The molecule has 0 unspecified atom stereocenters. The number of ether oxygens (including phenoxy) is 2. The van der Waals surface area contributed by atoms with Gasteiger partial charge in [0.1, 0.15) is 16.5 Å². The van der Waals surface area contributed by atoms with E-state index in [2.05, 4.69) is 31.2 Å². The summed E-state index contributed by atoms with van der Waals surface area (Å²) in [6.45, 7) is 3.42. The van der Waals surface area contributed by atoms with Crippen molar-refractivity contribution < 1.29 is 19.4 Å². The summed E-state index contributed by atoms with van der Waals surface area (Å²) < 4.78 is 12.2. The number of nitrogens with zero attached hydrogens (tertiary/aromatic N) is 1. The minimum absolute atomic E-state index is 0.129. The number of hydrogen-bond donors (Lipinski definition) is 1. The summed E-state index contributed by atoms with van der Waals surface area (Å²) in [5, 5.41) is 10.3. The monoisotopic (exact) mass is 519 g/mol. The average Bonchev–Trinajstić information content (AvgIpc) is 3.51. The zero-order chi connectivity index (χ0) is 25.6. The standard InChI is InChI=1S/C31H37NO4S/c1-2-3-7-23-18-24(31-32-27-8-4-5-9-29(27)37-31)12-15-28(23)36-17-6-16-35-25-13-14-26-21(19-25)10-11-22(26)20-30(33)34/h12-15,18-19,22H,2-11,16-17,20H2,1H3,(H,33,34)/t22-/m0/s1. The van der Waals surface area contributed by atoms with Gasteiger partial charge in [-0.3, -0.25) is 4.79 Å². The normalized spacial score (nSPS) is 16.3. The highest BCUT2D eigenvalue weighted by Crippen LogP contribution is 2.38. The molecule has 5 rings (SSSR count). The molecule has 0 saturated carbocycles. The van der Waals surface area contributed by atoms with E-state index >= 15 is 0 Å². The number of aliphatic carboxylic acids is 1. The average molecular weight is 520 g/mol. The van der Waals surface area contributed by atoms with Gasteiger partial charge in [0.05, 0.1) is 25.3 Å². The van der Waals surface area contributed by atoms with Gasteiger partial charge in [-0.15, -0.1) is 11.3 Å². The van der Waals surface area contributed by atoms with Crippen LogP contribution < -0.4 is 9.47 Å². The molecule has 2 aliphatic carbocycles. The second-order valence-corrected chi connectivity index (χ2v) is 11.4. The Bertz CT molecular complexity index is 1210. The molecule has 0 amide bonds. The molecule has 0 aliphatic heterocycles. The summed E-state index contributed by atoms with van der Waals surface area (Å²) in [5.41, 5.74) is 6.18. The molecule has 0 radical (unpaired) electrons. The minimum atomic E-state index is -0.729. The van der Waals surface area contributed by atoms with Crippen LogP contribution in [0.4, 0.5) is 0 Å². The van der Waals surface area contributed by atoms with E-state index in [4.69, 9.17) is 19.6 Å². The zero-order valence-corrected chi connectivity index (χ0v) is 22.6. The highest BCUT2D eigenvalue weighted by Gasteiger charge is 2.25. The summed E-state index contributed by atoms with van der Waals surface area (Å²) in [6, 6.07) is 12.7. The van der Waals surface area contributed by atoms with Gasteiger partial charge in [0.2, 0.25) is 0 Å². The van der Waals surface area contributed by atoms with Crippen LogP contribution in [0.25, 0.3) is 10.6 Å². The zero-order valence-electron chi connectivity index (χ0n) is 21.8. The maximum absolute atomic E-state index is 11.1. The summed E-state index contributed by atoms with van der Waals surface area (Å²) in [4.78, 5) is 17.5. The van der Waals surface area contributed by atoms with Crippen LogP contribution in [0.1, 0.15) is 85.0 Å². The Balaban J connectivity index is 1.15. The molecule has 0 spiro atoms. The highest BCUT2D eigenvalue weighted by molar-refractivity contribution is 7.15. The van der Waals surface area contributed by atoms with Crippen molar-refractivity contribution in [2.45, 2.75) is 83.5 Å². The molecule has 37 heavy (non-hydrogen) atoms. The quantitative estimate of drug-likeness (QED) is 0.253. The molecule has 196 valence electrons. The van der Waals surface area contributed by atoms with Crippen LogP contribution in [0.15, 0.2) is 36.4 Å². The summed E-state index contributed by atoms with van der Waals surface area (Å²) in [5.74, 6) is 1.23. The van der Waals surface area contributed by atoms with Crippen molar-refractivity contribution >= 4 is 17.3 Å². The smallest absolute Gasteiger partial charge is 0.303 e. The van der Waals surface area contributed by atoms with Crippen molar-refractivity contribution in [1.29, 1.82) is 0 Å². The van der Waals surface area contributed by atoms with E-state index in [9.17, 15) is 4.79 Å². The molecule has 3 aromatic rings. The van der Waals surface area contributed by atoms with E-state index in [0.29, 0.717) is 13.2 Å². The van der Waals surface area contributed by atoms with E-state index < -0.39 is 5.97 Å². The summed E-state index contributed by atoms with van der Waals surface area (Å²) >= 11 is 1.86. The number of carbonyl (C=O) groups is 1. The van der Waals surface area contributed by atoms with Crippen molar-refractivity contribution in [2.75, 3.05) is 13.2 Å². The van der Waals surface area contributed by atoms with E-state index in [0.717, 1.165) is 61.5 Å². The molecular weight excluding hydrogens is 482 g/mol. The van der Waals surface area contributed by atoms with Crippen molar-refractivity contribution in [3.63, 3.8) is 0 Å². The fraction of sp³-hybridized carbons (Fsp3) is 0.484. The van der Waals surface area contributed by atoms with E-state index in [-0.39, 0.29) is 12.3 Å². The molecule has 0 fully saturated rings. The minimum Gasteiger partial charge on any atom is -0.493 e. The topological polar surface area (TPSA) is 68.7 Å². The van der Waals surface area contributed by atoms with E-state index in [1.54, 1.807) is 0 Å². The lowest BCUT2D eigenvalue weighted by atomic mass is 9.98. The van der Waals surface area contributed by atoms with Crippen LogP contribution >= 0.6 is 11.3 Å². The van der Waals surface area contributed by atoms with Crippen LogP contribution in [-0.2, 0) is 30.5 Å². The summed E-state index contributed by atoms with van der Waals surface area (Å²) in [6.07, 6.45) is 11.0. The molecule has 2 aromatic carbocycles. The van der Waals surface area contributed by atoms with Crippen LogP contribution in [0.5, 0.6) is 11.5 Å². The van der Waals surface area contributed by atoms with Crippen LogP contribution in [-0.4, -0.2) is 29.3 Å². The first-order chi connectivity index (χ1) is 18.1. The number of hydrogen-bond acceptors (Lipinski definition) is 5. The van der Waals surface area contributed by atoms with Crippen LogP contribution in [0, 0.1) is 0 Å². The Kier molecular flexibility index (Phi) is 8.45. The van der Waals surface area contributed by atoms with Gasteiger partial charge in [-0.05, 0) is 104 Å². The first-order valence-corrected chi connectivity index (χ1v) is 14.6. The number of carboxylic acids is 1. The van der Waals surface area contributed by atoms with Gasteiger partial charge in [-0.1, -0.05) is 19.4 Å². The molecule has 1 aromatic heterocycles. The van der Waals surface area contributed by atoms with Gasteiger partial charge in [0, 0.05) is 16.9 Å². The molecule has 0 saturated heterocycles. The number of unbranched alkanes of at least 4 members (excludes halogenated alkanes) is 1. The Hall–Kier alpha value is -2.86. The van der Waals surface area contributed by atoms with Crippen molar-refractivity contribution in [3.8, 4) is 22.1 Å². The van der Waals surface area contributed by atoms with E-state index in [1.165, 1.54) is 52.1 Å². The number of fused-ring (bicyclic) bond motifs is 2. The third kappa shape index (κ3) is 6.35. The van der Waals surface area contributed by atoms with Crippen molar-refractivity contribution in [2.24, 2.45) is 0 Å². The Morgan fingerprint density at radius 3 is 2.76 bits per heavy atom. The summed E-state index contributed by atoms with van der Waals surface area (Å²) in [7, 11) is 0. The second kappa shape index (κ2) is 12.1. The van der Waals surface area contributed by atoms with Gasteiger partial charge in [-0.2, -0.15) is 0 Å². The van der Waals surface area contributed by atoms with E-state index in [1.807, 2.05) is 23.5 Å². The maximum Gasteiger partial charge on any atom is 0.303 e. The lowest BCUT2D eigenvalue weighted by Crippen LogP contribution is -2.07. The number of carboxylic acid groups (broad SMARTS) is 1. The van der Waals surface area contributed by atoms with Crippen molar-refractivity contribution in [1.82, 2.24) is 4.98 Å². The van der Waals surface area contributed by atoms with Gasteiger partial charge < -0.3 is 14.6 Å². The highest BCUT2D eigenvalue weighted by atomic mass is 32.1. The molecule has 5 nitrogen and oxygen atoms in total. The number of aromatic nitrogens is 1. The SMILES string of the molecule is CCCCc1cc(-c2nc3c(s2)CCCC3)ccc1OCCCOc1ccc2c(c1)CC[C@H]2CC(=O)O. The van der Waals surface area contributed by atoms with Gasteiger partial charge in [0.25, 0.3) is 0 Å². The van der Waals surface area contributed by atoms with Crippen LogP contribution in [0.3, 0.4) is 0 Å². The third-order valence-electron chi connectivity index (χ3n) is 7.51. The molecular formula is C31H37NO4S. The lowest BCUT2D eigenvalue weighted by molar-refractivity contribution is -0.137. The predicted octanol–water partition coefficient (Wildman–Crippen LogP) is 7.38. The molecule has 0 bridgehead atoms. The first-order valence-electron chi connectivity index (χ1n) is 13.8. The van der Waals surface area contributed by atoms with Crippen LogP contribution in [0.2, 0.25) is 0 Å². The Labute approximate surface area is 223 Å². The van der Waals surface area contributed by atoms with Crippen molar-refractivity contribution in [3.05, 3.63) is 63.7 Å². The second-order valence-electron chi connectivity index (χ2n) is 10.3. The molecule has 1 atom stereocenters. The fourth-order valence-corrected chi connectivity index (χ4v) is 6.66. The number of rotatable bonds is 12. The number of aryl methyl sites for hydroxylation is 4. The Morgan fingerprint density at radius 1 is 1.05 bits per heavy atom. The largest absolute Gasteiger partial charge is 0.493 e.